The van der Waals surface area contributed by atoms with Crippen molar-refractivity contribution < 1.29 is 33.3 Å². The van der Waals surface area contributed by atoms with Crippen molar-refractivity contribution in [2.75, 3.05) is 20.8 Å². The van der Waals surface area contributed by atoms with Gasteiger partial charge in [-0.05, 0) is 29.3 Å². The van der Waals surface area contributed by atoms with Crippen molar-refractivity contribution in [3.63, 3.8) is 0 Å². The molecule has 8 heteroatoms. The monoisotopic (exact) mass is 360 g/mol. The Kier molecular flexibility index (Phi) is 4.66. The molecule has 1 aliphatic heterocycles. The first-order valence-corrected chi connectivity index (χ1v) is 7.71. The molecule has 1 saturated heterocycles. The van der Waals surface area contributed by atoms with Gasteiger partial charge in [0, 0.05) is 12.0 Å². The van der Waals surface area contributed by atoms with Crippen molar-refractivity contribution in [2.45, 2.75) is 11.8 Å². The zero-order valence-corrected chi connectivity index (χ0v) is 14.1. The quantitative estimate of drug-likeness (QED) is 0.803. The second-order valence-corrected chi connectivity index (χ2v) is 5.71. The fourth-order valence-corrected chi connectivity index (χ4v) is 3.04. The SMILES string of the molecule is COc1ccc([C@H]2COC(=O)[C@@H]2c2cc(C(=O)O)oc(=O)c2)cc1OC. The minimum Gasteiger partial charge on any atom is -0.493 e. The third kappa shape index (κ3) is 3.13. The van der Waals surface area contributed by atoms with Gasteiger partial charge in [-0.15, -0.1) is 0 Å². The van der Waals surface area contributed by atoms with E-state index in [1.54, 1.807) is 18.2 Å². The molecule has 1 aromatic carbocycles. The van der Waals surface area contributed by atoms with Gasteiger partial charge in [0.05, 0.1) is 26.7 Å². The molecule has 1 aromatic heterocycles. The number of aromatic carboxylic acids is 1. The highest BCUT2D eigenvalue weighted by Gasteiger charge is 2.40. The third-order valence-corrected chi connectivity index (χ3v) is 4.26. The first kappa shape index (κ1) is 17.5. The minimum absolute atomic E-state index is 0.0988. The van der Waals surface area contributed by atoms with Gasteiger partial charge in [0.15, 0.2) is 11.5 Å². The molecule has 0 amide bonds. The molecule has 2 heterocycles. The minimum atomic E-state index is -1.39. The number of methoxy groups -OCH3 is 2. The molecule has 2 aromatic rings. The summed E-state index contributed by atoms with van der Waals surface area (Å²) in [6.07, 6.45) is 0. The Morgan fingerprint density at radius 3 is 2.46 bits per heavy atom. The highest BCUT2D eigenvalue weighted by Crippen LogP contribution is 2.41. The molecule has 1 fully saturated rings. The predicted octanol–water partition coefficient (Wildman–Crippen LogP) is 1.78. The van der Waals surface area contributed by atoms with Crippen LogP contribution in [0.3, 0.4) is 0 Å². The van der Waals surface area contributed by atoms with Gasteiger partial charge < -0.3 is 23.7 Å². The Bertz CT molecular complexity index is 914. The van der Waals surface area contributed by atoms with E-state index < -0.39 is 35.2 Å². The lowest BCUT2D eigenvalue weighted by Gasteiger charge is -2.17. The highest BCUT2D eigenvalue weighted by molar-refractivity contribution is 5.86. The lowest BCUT2D eigenvalue weighted by molar-refractivity contribution is -0.139. The Balaban J connectivity index is 2.05. The van der Waals surface area contributed by atoms with Gasteiger partial charge in [-0.2, -0.15) is 0 Å². The lowest BCUT2D eigenvalue weighted by Crippen LogP contribution is -2.16. The van der Waals surface area contributed by atoms with Crippen molar-refractivity contribution in [2.24, 2.45) is 0 Å². The van der Waals surface area contributed by atoms with Crippen molar-refractivity contribution >= 4 is 11.9 Å². The largest absolute Gasteiger partial charge is 0.493 e. The van der Waals surface area contributed by atoms with Crippen LogP contribution < -0.4 is 15.1 Å². The maximum Gasteiger partial charge on any atom is 0.371 e. The average molecular weight is 360 g/mol. The molecule has 136 valence electrons. The smallest absolute Gasteiger partial charge is 0.371 e. The van der Waals surface area contributed by atoms with Crippen LogP contribution in [0.25, 0.3) is 0 Å². The van der Waals surface area contributed by atoms with E-state index in [4.69, 9.17) is 19.3 Å². The summed E-state index contributed by atoms with van der Waals surface area (Å²) in [6.45, 7) is 0.0988. The van der Waals surface area contributed by atoms with Crippen LogP contribution in [0, 0.1) is 0 Å². The van der Waals surface area contributed by atoms with Gasteiger partial charge in [0.2, 0.25) is 5.76 Å². The van der Waals surface area contributed by atoms with Crippen LogP contribution in [0.1, 0.15) is 33.5 Å². The molecule has 0 spiro atoms. The molecule has 0 aliphatic carbocycles. The lowest BCUT2D eigenvalue weighted by atomic mass is 9.83. The molecular formula is C18H16O8. The van der Waals surface area contributed by atoms with Crippen molar-refractivity contribution in [3.8, 4) is 11.5 Å². The molecule has 26 heavy (non-hydrogen) atoms. The number of benzene rings is 1. The van der Waals surface area contributed by atoms with E-state index in [-0.39, 0.29) is 12.2 Å². The summed E-state index contributed by atoms with van der Waals surface area (Å²) >= 11 is 0. The maximum atomic E-state index is 12.3. The number of hydrogen-bond acceptors (Lipinski definition) is 7. The molecular weight excluding hydrogens is 344 g/mol. The van der Waals surface area contributed by atoms with E-state index >= 15 is 0 Å². The number of esters is 1. The van der Waals surface area contributed by atoms with E-state index in [0.29, 0.717) is 11.5 Å². The topological polar surface area (TPSA) is 112 Å². The first-order valence-electron chi connectivity index (χ1n) is 7.71. The number of ether oxygens (including phenoxy) is 3. The number of carbonyl (C=O) groups is 2. The van der Waals surface area contributed by atoms with Gasteiger partial charge >= 0.3 is 17.6 Å². The second-order valence-electron chi connectivity index (χ2n) is 5.71. The second kappa shape index (κ2) is 6.91. The summed E-state index contributed by atoms with van der Waals surface area (Å²) in [5, 5.41) is 9.07. The molecule has 2 atom stereocenters. The Morgan fingerprint density at radius 1 is 1.08 bits per heavy atom. The Labute approximate surface area is 147 Å². The van der Waals surface area contributed by atoms with Crippen LogP contribution in [-0.4, -0.2) is 37.9 Å². The van der Waals surface area contributed by atoms with Crippen LogP contribution >= 0.6 is 0 Å². The Hall–Kier alpha value is -3.29. The van der Waals surface area contributed by atoms with E-state index in [1.165, 1.54) is 20.3 Å². The van der Waals surface area contributed by atoms with E-state index in [9.17, 15) is 14.4 Å². The molecule has 0 saturated carbocycles. The van der Waals surface area contributed by atoms with Crippen LogP contribution in [0.5, 0.6) is 11.5 Å². The van der Waals surface area contributed by atoms with Gasteiger partial charge in [0.1, 0.15) is 0 Å². The average Bonchev–Trinajstić information content (AvgIpc) is 3.02. The van der Waals surface area contributed by atoms with Crippen LogP contribution in [0.4, 0.5) is 0 Å². The molecule has 1 N–H and O–H groups in total. The predicted molar refractivity (Wildman–Crippen MR) is 87.9 cm³/mol. The summed E-state index contributed by atoms with van der Waals surface area (Å²) in [6, 6.07) is 7.48. The van der Waals surface area contributed by atoms with Gasteiger partial charge in [0.25, 0.3) is 0 Å². The van der Waals surface area contributed by atoms with Crippen molar-refractivity contribution in [1.82, 2.24) is 0 Å². The molecule has 8 nitrogen and oxygen atoms in total. The Morgan fingerprint density at radius 2 is 1.81 bits per heavy atom. The van der Waals surface area contributed by atoms with Gasteiger partial charge in [-0.3, -0.25) is 4.79 Å². The maximum absolute atomic E-state index is 12.3. The highest BCUT2D eigenvalue weighted by atomic mass is 16.5. The number of hydrogen-bond donors (Lipinski definition) is 1. The summed E-state index contributed by atoms with van der Waals surface area (Å²) in [7, 11) is 3.01. The van der Waals surface area contributed by atoms with Crippen molar-refractivity contribution in [3.05, 3.63) is 57.6 Å². The molecule has 0 bridgehead atoms. The van der Waals surface area contributed by atoms with E-state index in [0.717, 1.165) is 11.6 Å². The molecule has 1 aliphatic rings. The van der Waals surface area contributed by atoms with Crippen molar-refractivity contribution in [1.29, 1.82) is 0 Å². The summed E-state index contributed by atoms with van der Waals surface area (Å²) in [5.74, 6) is -2.67. The molecule has 0 radical (unpaired) electrons. The van der Waals surface area contributed by atoms with E-state index in [1.807, 2.05) is 0 Å². The fourth-order valence-electron chi connectivity index (χ4n) is 3.04. The van der Waals surface area contributed by atoms with E-state index in [2.05, 4.69) is 4.42 Å². The molecule has 3 rings (SSSR count). The van der Waals surface area contributed by atoms with Gasteiger partial charge in [-0.25, -0.2) is 9.59 Å². The number of carbonyl (C=O) groups excluding carboxylic acids is 1. The molecule has 0 unspecified atom stereocenters. The van der Waals surface area contributed by atoms with Gasteiger partial charge in [-0.1, -0.05) is 6.07 Å². The zero-order chi connectivity index (χ0) is 18.8. The first-order chi connectivity index (χ1) is 12.4. The number of cyclic esters (lactones) is 1. The normalized spacial score (nSPS) is 19.1. The number of carboxylic acid groups (broad SMARTS) is 1. The number of carboxylic acids is 1. The van der Waals surface area contributed by atoms with Crippen LogP contribution in [0.15, 0.2) is 39.5 Å². The number of rotatable bonds is 5. The zero-order valence-electron chi connectivity index (χ0n) is 14.1. The third-order valence-electron chi connectivity index (χ3n) is 4.26. The summed E-state index contributed by atoms with van der Waals surface area (Å²) in [4.78, 5) is 35.1. The standard InChI is InChI=1S/C18H16O8/c1-23-12-4-3-9(5-13(12)24-2)11-8-25-18(22)16(11)10-6-14(17(20)21)26-15(19)7-10/h3-7,11,16H,8H2,1-2H3,(H,20,21)/t11-,16-/m1/s1. The summed E-state index contributed by atoms with van der Waals surface area (Å²) in [5.41, 5.74) is 0.134. The summed E-state index contributed by atoms with van der Waals surface area (Å²) < 4.78 is 20.3. The fraction of sp³-hybridized carbons (Fsp3) is 0.278. The van der Waals surface area contributed by atoms with Crippen LogP contribution in [0.2, 0.25) is 0 Å². The van der Waals surface area contributed by atoms with Crippen LogP contribution in [-0.2, 0) is 9.53 Å².